The number of nitrogens with zero attached hydrogens (tertiary/aromatic N) is 1. The second-order valence-corrected chi connectivity index (χ2v) is 3.56. The summed E-state index contributed by atoms with van der Waals surface area (Å²) >= 11 is 0. The van der Waals surface area contributed by atoms with Crippen LogP contribution in [0.1, 0.15) is 27.2 Å². The quantitative estimate of drug-likeness (QED) is 0.477. The number of hydrogen-bond donors (Lipinski definition) is 2. The van der Waals surface area contributed by atoms with Crippen LogP contribution in [0, 0.1) is 0 Å². The SMILES string of the molecule is CCC(O[P+](=O)[O-])N(C(C)O)C(C)O. The molecule has 0 rings (SSSR count). The van der Waals surface area contributed by atoms with Crippen molar-refractivity contribution in [1.29, 1.82) is 0 Å². The van der Waals surface area contributed by atoms with Crippen molar-refractivity contribution < 1.29 is 24.2 Å². The molecule has 0 aromatic rings. The second-order valence-electron chi connectivity index (χ2n) is 2.90. The van der Waals surface area contributed by atoms with Crippen molar-refractivity contribution in [2.24, 2.45) is 0 Å². The molecule has 0 aliphatic carbocycles. The normalized spacial score (nSPS) is 19.2. The Hall–Kier alpha value is -0.100. The Morgan fingerprint density at radius 3 is 2.07 bits per heavy atom. The van der Waals surface area contributed by atoms with E-state index in [-0.39, 0.29) is 0 Å². The van der Waals surface area contributed by atoms with Crippen molar-refractivity contribution in [1.82, 2.24) is 4.90 Å². The molecule has 0 aliphatic heterocycles. The lowest BCUT2D eigenvalue weighted by Crippen LogP contribution is -2.47. The molecule has 0 aromatic heterocycles. The summed E-state index contributed by atoms with van der Waals surface area (Å²) in [7, 11) is -2.99. The van der Waals surface area contributed by atoms with E-state index in [2.05, 4.69) is 4.52 Å². The lowest BCUT2D eigenvalue weighted by molar-refractivity contribution is -0.212. The minimum Gasteiger partial charge on any atom is -0.566 e. The van der Waals surface area contributed by atoms with E-state index >= 15 is 0 Å². The molecule has 0 aliphatic rings. The topological polar surface area (TPSA) is 93.1 Å². The lowest BCUT2D eigenvalue weighted by Gasteiger charge is -2.32. The van der Waals surface area contributed by atoms with Gasteiger partial charge in [-0.15, -0.1) is 4.52 Å². The molecule has 0 bridgehead atoms. The molecule has 7 heteroatoms. The van der Waals surface area contributed by atoms with Crippen LogP contribution in [-0.2, 0) is 9.09 Å². The van der Waals surface area contributed by atoms with Gasteiger partial charge in [0.1, 0.15) is 12.5 Å². The molecule has 4 atom stereocenters. The number of rotatable bonds is 6. The molecule has 0 radical (unpaired) electrons. The summed E-state index contributed by atoms with van der Waals surface area (Å²) in [5.74, 6) is 0. The van der Waals surface area contributed by atoms with E-state index in [0.29, 0.717) is 6.42 Å². The molecule has 0 amide bonds. The summed E-state index contributed by atoms with van der Waals surface area (Å²) in [4.78, 5) is 11.5. The predicted molar refractivity (Wildman–Crippen MR) is 48.0 cm³/mol. The molecule has 0 saturated carbocycles. The van der Waals surface area contributed by atoms with Gasteiger partial charge >= 0.3 is 8.25 Å². The third kappa shape index (κ3) is 4.41. The van der Waals surface area contributed by atoms with Crippen LogP contribution in [0.15, 0.2) is 0 Å². The van der Waals surface area contributed by atoms with Crippen molar-refractivity contribution in [3.05, 3.63) is 0 Å². The first-order chi connectivity index (χ1) is 6.40. The zero-order valence-electron chi connectivity index (χ0n) is 8.45. The Labute approximate surface area is 84.1 Å². The lowest BCUT2D eigenvalue weighted by atomic mass is 10.3. The van der Waals surface area contributed by atoms with Gasteiger partial charge in [0.15, 0.2) is 6.23 Å². The van der Waals surface area contributed by atoms with Crippen LogP contribution in [0.3, 0.4) is 0 Å². The van der Waals surface area contributed by atoms with Crippen LogP contribution in [0.5, 0.6) is 0 Å². The second kappa shape index (κ2) is 6.40. The third-order valence-corrected chi connectivity index (χ3v) is 2.17. The van der Waals surface area contributed by atoms with Crippen LogP contribution in [0.25, 0.3) is 0 Å². The molecule has 84 valence electrons. The fraction of sp³-hybridized carbons (Fsp3) is 1.00. The molecule has 14 heavy (non-hydrogen) atoms. The maximum Gasteiger partial charge on any atom is 0.490 e. The van der Waals surface area contributed by atoms with Gasteiger partial charge in [-0.2, -0.15) is 0 Å². The standard InChI is InChI=1S/C7H16NO5P/c1-4-7(13-14(11)12)8(5(2)9)6(3)10/h5-7,9-10H,4H2,1-3H3. The van der Waals surface area contributed by atoms with Crippen LogP contribution in [-0.4, -0.2) is 33.8 Å². The summed E-state index contributed by atoms with van der Waals surface area (Å²) in [6, 6.07) is 0. The first-order valence-corrected chi connectivity index (χ1v) is 5.44. The van der Waals surface area contributed by atoms with Crippen molar-refractivity contribution in [3.63, 3.8) is 0 Å². The van der Waals surface area contributed by atoms with Gasteiger partial charge < -0.3 is 15.1 Å². The van der Waals surface area contributed by atoms with Gasteiger partial charge in [0.05, 0.1) is 0 Å². The number of aliphatic hydroxyl groups excluding tert-OH is 2. The molecule has 4 unspecified atom stereocenters. The first-order valence-electron chi connectivity index (χ1n) is 4.34. The average molecular weight is 225 g/mol. The van der Waals surface area contributed by atoms with E-state index in [1.165, 1.54) is 13.8 Å². The Bertz CT molecular complexity index is 179. The number of aliphatic hydroxyl groups is 2. The van der Waals surface area contributed by atoms with Crippen molar-refractivity contribution in [2.45, 2.75) is 45.9 Å². The van der Waals surface area contributed by atoms with Gasteiger partial charge in [-0.05, 0) is 24.8 Å². The predicted octanol–water partition coefficient (Wildman–Crippen LogP) is -0.265. The fourth-order valence-electron chi connectivity index (χ4n) is 1.23. The van der Waals surface area contributed by atoms with E-state index < -0.39 is 26.9 Å². The summed E-state index contributed by atoms with van der Waals surface area (Å²) in [6.45, 7) is 4.55. The Balaban J connectivity index is 4.50. The zero-order valence-corrected chi connectivity index (χ0v) is 9.35. The van der Waals surface area contributed by atoms with Gasteiger partial charge in [0, 0.05) is 0 Å². The molecule has 6 nitrogen and oxygen atoms in total. The summed E-state index contributed by atoms with van der Waals surface area (Å²) in [6.07, 6.45) is -2.44. The average Bonchev–Trinajstić information content (AvgIpc) is 2.00. The Kier molecular flexibility index (Phi) is 6.35. The highest BCUT2D eigenvalue weighted by Gasteiger charge is 2.29. The van der Waals surface area contributed by atoms with Gasteiger partial charge in [-0.25, -0.2) is 4.90 Å². The van der Waals surface area contributed by atoms with Gasteiger partial charge in [0.2, 0.25) is 0 Å². The van der Waals surface area contributed by atoms with Crippen molar-refractivity contribution in [2.75, 3.05) is 0 Å². The minimum absolute atomic E-state index is 0.346. The molecule has 0 heterocycles. The Morgan fingerprint density at radius 1 is 1.43 bits per heavy atom. The van der Waals surface area contributed by atoms with E-state index in [4.69, 9.17) is 0 Å². The highest BCUT2D eigenvalue weighted by atomic mass is 31.1. The van der Waals surface area contributed by atoms with E-state index in [0.717, 1.165) is 4.90 Å². The van der Waals surface area contributed by atoms with Crippen molar-refractivity contribution >= 4 is 8.25 Å². The number of hydrogen-bond acceptors (Lipinski definition) is 6. The van der Waals surface area contributed by atoms with Crippen LogP contribution in [0.2, 0.25) is 0 Å². The highest BCUT2D eigenvalue weighted by molar-refractivity contribution is 7.30. The maximum absolute atomic E-state index is 10.3. The smallest absolute Gasteiger partial charge is 0.490 e. The maximum atomic E-state index is 10.3. The molecular formula is C7H16NO5P. The molecule has 0 saturated heterocycles. The Morgan fingerprint density at radius 2 is 1.86 bits per heavy atom. The molecule has 0 aromatic carbocycles. The van der Waals surface area contributed by atoms with Gasteiger partial charge in [-0.3, -0.25) is 0 Å². The highest BCUT2D eigenvalue weighted by Crippen LogP contribution is 2.21. The summed E-state index contributed by atoms with van der Waals surface area (Å²) in [5, 5.41) is 18.6. The molecule has 0 spiro atoms. The molecular weight excluding hydrogens is 209 g/mol. The van der Waals surface area contributed by atoms with E-state index in [1.807, 2.05) is 0 Å². The van der Waals surface area contributed by atoms with E-state index in [9.17, 15) is 19.7 Å². The minimum atomic E-state index is -2.99. The van der Waals surface area contributed by atoms with Crippen LogP contribution in [0.4, 0.5) is 0 Å². The summed E-state index contributed by atoms with van der Waals surface area (Å²) in [5.41, 5.74) is 0. The third-order valence-electron chi connectivity index (χ3n) is 1.75. The van der Waals surface area contributed by atoms with E-state index in [1.54, 1.807) is 6.92 Å². The monoisotopic (exact) mass is 225 g/mol. The van der Waals surface area contributed by atoms with Gasteiger partial charge in [0.25, 0.3) is 0 Å². The van der Waals surface area contributed by atoms with Crippen molar-refractivity contribution in [3.8, 4) is 0 Å². The largest absolute Gasteiger partial charge is 0.566 e. The molecule has 2 N–H and O–H groups in total. The van der Waals surface area contributed by atoms with Crippen LogP contribution >= 0.6 is 8.25 Å². The fourth-order valence-corrected chi connectivity index (χ4v) is 1.69. The first kappa shape index (κ1) is 13.9. The zero-order chi connectivity index (χ0) is 11.3. The van der Waals surface area contributed by atoms with Gasteiger partial charge in [-0.1, -0.05) is 6.92 Å². The van der Waals surface area contributed by atoms with Crippen LogP contribution < -0.4 is 4.89 Å². The molecule has 0 fully saturated rings. The summed E-state index contributed by atoms with van der Waals surface area (Å²) < 4.78 is 14.9.